The number of nitrogens with one attached hydrogen (secondary N) is 2. The Kier molecular flexibility index (Phi) is 6.70. The van der Waals surface area contributed by atoms with Crippen molar-refractivity contribution in [3.05, 3.63) is 74.7 Å². The van der Waals surface area contributed by atoms with E-state index in [4.69, 9.17) is 23.2 Å². The van der Waals surface area contributed by atoms with Crippen LogP contribution in [0.25, 0.3) is 5.69 Å². The first kappa shape index (κ1) is 24.0. The van der Waals surface area contributed by atoms with Crippen LogP contribution in [0, 0.1) is 6.92 Å². The zero-order valence-corrected chi connectivity index (χ0v) is 21.1. The second kappa shape index (κ2) is 9.22. The Bertz CT molecular complexity index is 1450. The van der Waals surface area contributed by atoms with Gasteiger partial charge in [-0.05, 0) is 55.8 Å². The van der Waals surface area contributed by atoms with E-state index < -0.39 is 20.0 Å². The average Bonchev–Trinajstić information content (AvgIpc) is 3.44. The maximum Gasteiger partial charge on any atom is 0.267 e. The zero-order valence-electron chi connectivity index (χ0n) is 17.1. The van der Waals surface area contributed by atoms with Crippen LogP contribution in [-0.4, -0.2) is 32.4 Å². The third kappa shape index (κ3) is 5.33. The summed E-state index contributed by atoms with van der Waals surface area (Å²) in [5, 5.41) is 4.43. The molecule has 0 atom stereocenters. The number of nitrogens with zero attached hydrogens (tertiary/aromatic N) is 2. The molecule has 4 rings (SSSR count). The van der Waals surface area contributed by atoms with Gasteiger partial charge in [0.1, 0.15) is 4.24 Å². The molecule has 1 aromatic heterocycles. The largest absolute Gasteiger partial charge is 0.277 e. The first-order valence-corrected chi connectivity index (χ1v) is 14.3. The molecule has 0 bridgehead atoms. The molecule has 0 saturated carbocycles. The van der Waals surface area contributed by atoms with Gasteiger partial charge in [0.25, 0.3) is 20.0 Å². The number of hydrogen-bond acceptors (Lipinski definition) is 6. The van der Waals surface area contributed by atoms with Crippen LogP contribution in [-0.2, 0) is 20.0 Å². The number of aromatic nitrogens is 2. The van der Waals surface area contributed by atoms with E-state index in [1.807, 2.05) is 13.0 Å². The van der Waals surface area contributed by atoms with Crippen molar-refractivity contribution in [2.45, 2.75) is 18.2 Å². The number of benzene rings is 2. The summed E-state index contributed by atoms with van der Waals surface area (Å²) in [7, 11) is -7.96. The minimum atomic E-state index is -4.07. The summed E-state index contributed by atoms with van der Waals surface area (Å²) in [4.78, 5) is -0.0240. The molecule has 13 heteroatoms. The summed E-state index contributed by atoms with van der Waals surface area (Å²) < 4.78 is 58.0. The number of anilines is 2. The molecule has 8 nitrogen and oxygen atoms in total. The molecule has 0 amide bonds. The van der Waals surface area contributed by atoms with Gasteiger partial charge in [-0.2, -0.15) is 5.10 Å². The molecule has 174 valence electrons. The highest BCUT2D eigenvalue weighted by Crippen LogP contribution is 2.37. The Morgan fingerprint density at radius 3 is 2.06 bits per heavy atom. The van der Waals surface area contributed by atoms with E-state index in [0.717, 1.165) is 5.69 Å². The fraction of sp³-hybridized carbons (Fsp3) is 0.150. The maximum atomic E-state index is 13.0. The quantitative estimate of drug-likeness (QED) is 0.432. The van der Waals surface area contributed by atoms with Gasteiger partial charge in [-0.1, -0.05) is 29.3 Å². The SMILES string of the molecule is Cc1ccn(-c2ccc(S(=O)(=O)Nc3cc(Cl)c(Cl)cc3NS(=O)(=O)C3=CCCS3)cc2)n1. The summed E-state index contributed by atoms with van der Waals surface area (Å²) >= 11 is 13.3. The van der Waals surface area contributed by atoms with Crippen LogP contribution in [0.5, 0.6) is 0 Å². The van der Waals surface area contributed by atoms with Gasteiger partial charge >= 0.3 is 0 Å². The molecule has 0 unspecified atom stereocenters. The number of hydrogen-bond donors (Lipinski definition) is 2. The first-order chi connectivity index (χ1) is 15.5. The number of rotatable bonds is 7. The van der Waals surface area contributed by atoms with E-state index in [-0.39, 0.29) is 30.6 Å². The van der Waals surface area contributed by atoms with Crippen molar-refractivity contribution in [1.82, 2.24) is 9.78 Å². The summed E-state index contributed by atoms with van der Waals surface area (Å²) in [6.45, 7) is 1.85. The van der Waals surface area contributed by atoms with Crippen LogP contribution in [0.3, 0.4) is 0 Å². The highest BCUT2D eigenvalue weighted by molar-refractivity contribution is 8.19. The van der Waals surface area contributed by atoms with Gasteiger partial charge in [0.2, 0.25) is 0 Å². The lowest BCUT2D eigenvalue weighted by molar-refractivity contribution is 0.600. The van der Waals surface area contributed by atoms with Crippen molar-refractivity contribution in [1.29, 1.82) is 0 Å². The number of halogens is 2. The van der Waals surface area contributed by atoms with Crippen molar-refractivity contribution in [2.75, 3.05) is 15.2 Å². The summed E-state index contributed by atoms with van der Waals surface area (Å²) in [6, 6.07) is 10.4. The number of thioether (sulfide) groups is 1. The van der Waals surface area contributed by atoms with Crippen LogP contribution in [0.15, 0.2) is 63.9 Å². The molecule has 2 heterocycles. The Morgan fingerprint density at radius 2 is 1.55 bits per heavy atom. The van der Waals surface area contributed by atoms with Crippen LogP contribution in [0.4, 0.5) is 11.4 Å². The molecule has 2 N–H and O–H groups in total. The molecular formula is C20H18Cl2N4O4S3. The number of allylic oxidation sites excluding steroid dienone is 1. The molecule has 3 aromatic rings. The summed E-state index contributed by atoms with van der Waals surface area (Å²) in [5.74, 6) is 0.658. The highest BCUT2D eigenvalue weighted by Gasteiger charge is 2.24. The molecule has 0 spiro atoms. The van der Waals surface area contributed by atoms with E-state index in [1.54, 1.807) is 29.1 Å². The van der Waals surface area contributed by atoms with Crippen LogP contribution >= 0.6 is 35.0 Å². The molecule has 2 aromatic carbocycles. The van der Waals surface area contributed by atoms with Crippen LogP contribution < -0.4 is 9.44 Å². The van der Waals surface area contributed by atoms with E-state index in [0.29, 0.717) is 17.9 Å². The van der Waals surface area contributed by atoms with E-state index in [2.05, 4.69) is 14.5 Å². The lowest BCUT2D eigenvalue weighted by atomic mass is 10.3. The van der Waals surface area contributed by atoms with Gasteiger partial charge in [0.05, 0.1) is 37.7 Å². The Hall–Kier alpha value is -2.18. The molecule has 0 fully saturated rings. The first-order valence-electron chi connectivity index (χ1n) is 9.55. The van der Waals surface area contributed by atoms with Gasteiger partial charge in [-0.3, -0.25) is 9.44 Å². The van der Waals surface area contributed by atoms with Crippen molar-refractivity contribution >= 4 is 66.4 Å². The van der Waals surface area contributed by atoms with Gasteiger partial charge in [-0.15, -0.1) is 11.8 Å². The van der Waals surface area contributed by atoms with Crippen molar-refractivity contribution in [3.63, 3.8) is 0 Å². The predicted molar refractivity (Wildman–Crippen MR) is 133 cm³/mol. The van der Waals surface area contributed by atoms with Gasteiger partial charge < -0.3 is 0 Å². The molecular weight excluding hydrogens is 527 g/mol. The third-order valence-electron chi connectivity index (χ3n) is 4.62. The normalized spacial score (nSPS) is 14.2. The van der Waals surface area contributed by atoms with E-state index in [1.165, 1.54) is 36.0 Å². The second-order valence-electron chi connectivity index (χ2n) is 7.08. The second-order valence-corrected chi connectivity index (χ2v) is 12.6. The van der Waals surface area contributed by atoms with Gasteiger partial charge in [0.15, 0.2) is 0 Å². The van der Waals surface area contributed by atoms with Crippen LogP contribution in [0.1, 0.15) is 12.1 Å². The predicted octanol–water partition coefficient (Wildman–Crippen LogP) is 5.01. The minimum Gasteiger partial charge on any atom is -0.277 e. The lowest BCUT2D eigenvalue weighted by Gasteiger charge is -2.16. The topological polar surface area (TPSA) is 110 Å². The minimum absolute atomic E-state index is 0.0240. The van der Waals surface area contributed by atoms with E-state index in [9.17, 15) is 16.8 Å². The summed E-state index contributed by atoms with van der Waals surface area (Å²) in [5.41, 5.74) is 1.43. The Labute approximate surface area is 206 Å². The number of sulfonamides is 2. The van der Waals surface area contributed by atoms with Gasteiger partial charge in [0, 0.05) is 11.9 Å². The van der Waals surface area contributed by atoms with Crippen LogP contribution in [0.2, 0.25) is 10.0 Å². The molecule has 0 radical (unpaired) electrons. The smallest absolute Gasteiger partial charge is 0.267 e. The standard InChI is InChI=1S/C20H18Cl2N4O4S3/c1-13-8-9-26(23-13)14-4-6-15(7-5-14)32(27,28)24-18-11-16(21)17(22)12-19(18)25-33(29,30)20-3-2-10-31-20/h3-9,11-12,24-25H,2,10H2,1H3. The maximum absolute atomic E-state index is 13.0. The Balaban J connectivity index is 1.64. The monoisotopic (exact) mass is 544 g/mol. The molecule has 0 aliphatic carbocycles. The molecule has 33 heavy (non-hydrogen) atoms. The fourth-order valence-corrected chi connectivity index (χ4v) is 7.00. The van der Waals surface area contributed by atoms with Gasteiger partial charge in [-0.25, -0.2) is 21.5 Å². The molecule has 0 saturated heterocycles. The zero-order chi connectivity index (χ0) is 23.8. The highest BCUT2D eigenvalue weighted by atomic mass is 35.5. The Morgan fingerprint density at radius 1 is 0.939 bits per heavy atom. The lowest BCUT2D eigenvalue weighted by Crippen LogP contribution is -2.18. The number of aryl methyl sites for hydroxylation is 1. The average molecular weight is 545 g/mol. The fourth-order valence-electron chi connectivity index (χ4n) is 3.03. The van der Waals surface area contributed by atoms with Crippen molar-refractivity contribution in [2.24, 2.45) is 0 Å². The van der Waals surface area contributed by atoms with E-state index >= 15 is 0 Å². The third-order valence-corrected chi connectivity index (χ3v) is 9.81. The molecule has 1 aliphatic rings. The van der Waals surface area contributed by atoms with Crippen molar-refractivity contribution in [3.8, 4) is 5.69 Å². The van der Waals surface area contributed by atoms with Crippen molar-refractivity contribution < 1.29 is 16.8 Å². The molecule has 1 aliphatic heterocycles. The summed E-state index contributed by atoms with van der Waals surface area (Å²) in [6.07, 6.45) is 4.01.